The molecule has 1 fully saturated rings. The lowest BCUT2D eigenvalue weighted by molar-refractivity contribution is 0.0486. The van der Waals surface area contributed by atoms with E-state index in [1.54, 1.807) is 11.6 Å². The Morgan fingerprint density at radius 1 is 1.00 bits per heavy atom. The molecule has 0 saturated carbocycles. The first-order chi connectivity index (χ1) is 17.1. The zero-order chi connectivity index (χ0) is 26.0. The number of aromatic nitrogens is 4. The summed E-state index contributed by atoms with van der Waals surface area (Å²) >= 11 is -1.25. The predicted molar refractivity (Wildman–Crippen MR) is 138 cm³/mol. The Morgan fingerprint density at radius 2 is 1.64 bits per heavy atom. The molecule has 0 spiro atoms. The Morgan fingerprint density at radius 3 is 2.28 bits per heavy atom. The van der Waals surface area contributed by atoms with Gasteiger partial charge >= 0.3 is 5.69 Å². The molecule has 12 heteroatoms. The molecule has 0 bridgehead atoms. The van der Waals surface area contributed by atoms with Crippen LogP contribution in [0.3, 0.4) is 0 Å². The second kappa shape index (κ2) is 11.3. The third-order valence-corrected chi connectivity index (χ3v) is 8.09. The number of imidazole rings is 1. The van der Waals surface area contributed by atoms with Gasteiger partial charge in [-0.1, -0.05) is 12.1 Å². The zero-order valence-electron chi connectivity index (χ0n) is 20.9. The number of β-amino-alcohol motifs (C(OH)–C–C–N with tert-alkyl or cyclic N) is 2. The van der Waals surface area contributed by atoms with Crippen molar-refractivity contribution < 1.29 is 14.8 Å². The van der Waals surface area contributed by atoms with Crippen LogP contribution in [0.5, 0.6) is 0 Å². The van der Waals surface area contributed by atoms with Crippen molar-refractivity contribution in [1.29, 1.82) is 0 Å². The van der Waals surface area contributed by atoms with Crippen molar-refractivity contribution in [3.63, 3.8) is 0 Å². The summed E-state index contributed by atoms with van der Waals surface area (Å²) in [4.78, 5) is 33.9. The number of fused-ring (bicyclic) bond motifs is 1. The molecule has 3 unspecified atom stereocenters. The number of aliphatic hydroxyl groups excluding tert-OH is 2. The summed E-state index contributed by atoms with van der Waals surface area (Å²) in [5.74, 6) is 0.201. The molecule has 11 nitrogen and oxygen atoms in total. The van der Waals surface area contributed by atoms with E-state index in [1.807, 2.05) is 31.2 Å². The molecule has 2 N–H and O–H groups in total. The third-order valence-electron chi connectivity index (χ3n) is 6.62. The number of hydrogen-bond acceptors (Lipinski definition) is 8. The second-order valence-electron chi connectivity index (χ2n) is 9.51. The van der Waals surface area contributed by atoms with E-state index in [4.69, 9.17) is 0 Å². The van der Waals surface area contributed by atoms with Gasteiger partial charge in [0.2, 0.25) is 0 Å². The minimum atomic E-state index is -1.25. The van der Waals surface area contributed by atoms with Crippen LogP contribution in [0.2, 0.25) is 0 Å². The zero-order valence-corrected chi connectivity index (χ0v) is 21.7. The van der Waals surface area contributed by atoms with Crippen LogP contribution in [0.25, 0.3) is 11.2 Å². The molecule has 1 aromatic carbocycles. The van der Waals surface area contributed by atoms with E-state index >= 15 is 0 Å². The molecule has 0 amide bonds. The summed E-state index contributed by atoms with van der Waals surface area (Å²) in [7, 11) is 2.99. The molecule has 1 saturated heterocycles. The van der Waals surface area contributed by atoms with E-state index in [0.717, 1.165) is 41.2 Å². The highest BCUT2D eigenvalue weighted by atomic mass is 32.2. The van der Waals surface area contributed by atoms with Crippen LogP contribution in [0.15, 0.2) is 45.1 Å². The summed E-state index contributed by atoms with van der Waals surface area (Å²) < 4.78 is 16.5. The molecular formula is C24H34N6O5S. The normalized spacial score (nSPS) is 17.9. The Balaban J connectivity index is 1.26. The van der Waals surface area contributed by atoms with Gasteiger partial charge in [-0.3, -0.25) is 23.7 Å². The lowest BCUT2D eigenvalue weighted by Gasteiger charge is -2.36. The minimum absolute atomic E-state index is 0.188. The predicted octanol–water partition coefficient (Wildman–Crippen LogP) is -1.11. The molecule has 36 heavy (non-hydrogen) atoms. The highest BCUT2D eigenvalue weighted by molar-refractivity contribution is 7.91. The molecule has 4 rings (SSSR count). The fourth-order valence-corrected chi connectivity index (χ4v) is 5.85. The van der Waals surface area contributed by atoms with Crippen LogP contribution < -0.4 is 11.2 Å². The Labute approximate surface area is 212 Å². The van der Waals surface area contributed by atoms with Gasteiger partial charge in [0.05, 0.1) is 19.0 Å². The molecule has 3 heterocycles. The number of aliphatic hydroxyl groups is 2. The lowest BCUT2D eigenvalue weighted by Crippen LogP contribution is -2.51. The topological polar surface area (TPSA) is 132 Å². The van der Waals surface area contributed by atoms with Gasteiger partial charge in [-0.05, 0) is 35.8 Å². The molecule has 1 aliphatic heterocycles. The van der Waals surface area contributed by atoms with Crippen molar-refractivity contribution in [2.75, 3.05) is 45.0 Å². The van der Waals surface area contributed by atoms with Gasteiger partial charge in [-0.25, -0.2) is 9.78 Å². The van der Waals surface area contributed by atoms with Crippen LogP contribution in [-0.2, 0) is 31.8 Å². The summed E-state index contributed by atoms with van der Waals surface area (Å²) in [5, 5.41) is 21.2. The summed E-state index contributed by atoms with van der Waals surface area (Å²) in [6, 6.07) is 7.54. The molecule has 3 aromatic rings. The number of rotatable bonds is 9. The second-order valence-corrected chi connectivity index (χ2v) is 11.0. The smallest absolute Gasteiger partial charge is 0.332 e. The van der Waals surface area contributed by atoms with Crippen LogP contribution in [0, 0.1) is 6.92 Å². The van der Waals surface area contributed by atoms with Crippen molar-refractivity contribution in [3.05, 3.63) is 57.0 Å². The third kappa shape index (κ3) is 5.90. The van der Waals surface area contributed by atoms with E-state index in [0.29, 0.717) is 24.3 Å². The SMILES string of the molecule is Cc1cccc([S+]([O-])CC(O)CN2CCN(CC(O)Cn3cnc4c3c(=O)n(C)c(=O)n4C)CC2)c1. The van der Waals surface area contributed by atoms with Gasteiger partial charge < -0.3 is 19.3 Å². The Kier molecular flexibility index (Phi) is 8.33. The van der Waals surface area contributed by atoms with Crippen molar-refractivity contribution in [1.82, 2.24) is 28.5 Å². The number of benzene rings is 1. The average molecular weight is 519 g/mol. The first-order valence-corrected chi connectivity index (χ1v) is 13.3. The summed E-state index contributed by atoms with van der Waals surface area (Å²) in [5.41, 5.74) is 0.755. The van der Waals surface area contributed by atoms with Gasteiger partial charge in [0.15, 0.2) is 16.1 Å². The van der Waals surface area contributed by atoms with E-state index in [9.17, 15) is 24.4 Å². The van der Waals surface area contributed by atoms with Gasteiger partial charge in [0.25, 0.3) is 5.56 Å². The van der Waals surface area contributed by atoms with Gasteiger partial charge in [0, 0.05) is 53.4 Å². The molecule has 196 valence electrons. The standard InChI is InChI=1S/C24H34N6O5S/c1-17-5-4-6-20(11-17)36(35)15-19(32)13-29-9-7-28(8-10-29)12-18(31)14-30-16-25-22-21(30)23(33)27(3)24(34)26(22)2/h4-6,11,16,18-19,31-32H,7-10,12-15H2,1-3H3. The average Bonchev–Trinajstić information content (AvgIpc) is 3.26. The largest absolute Gasteiger partial charge is 0.611 e. The quantitative estimate of drug-likeness (QED) is 0.341. The van der Waals surface area contributed by atoms with Gasteiger partial charge in [0.1, 0.15) is 11.9 Å². The van der Waals surface area contributed by atoms with Crippen molar-refractivity contribution >= 4 is 22.3 Å². The maximum Gasteiger partial charge on any atom is 0.332 e. The van der Waals surface area contributed by atoms with Crippen molar-refractivity contribution in [3.8, 4) is 0 Å². The Hall–Kier alpha value is -2.48. The molecule has 0 aliphatic carbocycles. The van der Waals surface area contributed by atoms with Crippen molar-refractivity contribution in [2.45, 2.75) is 30.6 Å². The van der Waals surface area contributed by atoms with Gasteiger partial charge in [-0.15, -0.1) is 0 Å². The first kappa shape index (κ1) is 26.6. The molecule has 0 radical (unpaired) electrons. The van der Waals surface area contributed by atoms with Crippen LogP contribution >= 0.6 is 0 Å². The van der Waals surface area contributed by atoms with E-state index in [1.165, 1.54) is 17.9 Å². The molecule has 1 aliphatic rings. The maximum atomic E-state index is 12.6. The summed E-state index contributed by atoms with van der Waals surface area (Å²) in [6.45, 7) is 5.95. The minimum Gasteiger partial charge on any atom is -0.611 e. The highest BCUT2D eigenvalue weighted by Crippen LogP contribution is 2.15. The maximum absolute atomic E-state index is 12.6. The number of hydrogen-bond donors (Lipinski definition) is 2. The summed E-state index contributed by atoms with van der Waals surface area (Å²) in [6.07, 6.45) is 0.0733. The molecule has 3 atom stereocenters. The monoisotopic (exact) mass is 518 g/mol. The molecule has 2 aromatic heterocycles. The van der Waals surface area contributed by atoms with E-state index < -0.39 is 34.6 Å². The van der Waals surface area contributed by atoms with Crippen LogP contribution in [0.1, 0.15) is 5.56 Å². The van der Waals surface area contributed by atoms with E-state index in [-0.39, 0.29) is 12.3 Å². The van der Waals surface area contributed by atoms with Gasteiger partial charge in [-0.2, -0.15) is 0 Å². The number of nitrogens with zero attached hydrogens (tertiary/aromatic N) is 6. The number of aryl methyl sites for hydroxylation is 2. The lowest BCUT2D eigenvalue weighted by atomic mass is 10.2. The van der Waals surface area contributed by atoms with Crippen LogP contribution in [-0.4, -0.2) is 100 Å². The first-order valence-electron chi connectivity index (χ1n) is 12.0. The highest BCUT2D eigenvalue weighted by Gasteiger charge is 2.24. The Bertz CT molecular complexity index is 1310. The fraction of sp³-hybridized carbons (Fsp3) is 0.542. The fourth-order valence-electron chi connectivity index (χ4n) is 4.65. The van der Waals surface area contributed by atoms with E-state index in [2.05, 4.69) is 14.8 Å². The van der Waals surface area contributed by atoms with Crippen molar-refractivity contribution in [2.24, 2.45) is 14.1 Å². The molecular weight excluding hydrogens is 484 g/mol. The number of piperazine rings is 1. The van der Waals surface area contributed by atoms with Crippen LogP contribution in [0.4, 0.5) is 0 Å².